The first-order valence-corrected chi connectivity index (χ1v) is 4.73. The zero-order chi connectivity index (χ0) is 9.64. The molecule has 2 heteroatoms. The number of benzene rings is 2. The molecule has 0 nitrogen and oxygen atoms in total. The summed E-state index contributed by atoms with van der Waals surface area (Å²) in [6.07, 6.45) is 4.24. The predicted octanol–water partition coefficient (Wildman–Crippen LogP) is 3.10. The molecule has 0 bridgehead atoms. The molecule has 0 aromatic heterocycles. The molecule has 0 spiro atoms. The summed E-state index contributed by atoms with van der Waals surface area (Å²) in [5.74, 6) is 0. The molecule has 0 atom stereocenters. The Labute approximate surface area is 141 Å². The molecule has 0 aliphatic carbocycles. The van der Waals surface area contributed by atoms with Crippen LogP contribution in [-0.2, 0) is 0 Å². The normalized spacial score (nSPS) is 9.25. The molecular formula is C14H12Na2. The van der Waals surface area contributed by atoms with Gasteiger partial charge < -0.3 is 0 Å². The Balaban J connectivity index is 0.00000112. The van der Waals surface area contributed by atoms with E-state index in [4.69, 9.17) is 0 Å². The van der Waals surface area contributed by atoms with Gasteiger partial charge in [-0.15, -0.1) is 0 Å². The van der Waals surface area contributed by atoms with Gasteiger partial charge in [-0.25, -0.2) is 0 Å². The van der Waals surface area contributed by atoms with Crippen molar-refractivity contribution in [1.82, 2.24) is 0 Å². The first kappa shape index (κ1) is 16.2. The molecule has 0 N–H and O–H groups in total. The minimum atomic E-state index is 0. The van der Waals surface area contributed by atoms with E-state index in [1.807, 2.05) is 36.4 Å². The van der Waals surface area contributed by atoms with Crippen molar-refractivity contribution < 1.29 is 0 Å². The van der Waals surface area contributed by atoms with Crippen LogP contribution in [0.2, 0.25) is 0 Å². The van der Waals surface area contributed by atoms with Crippen LogP contribution in [0.5, 0.6) is 0 Å². The molecule has 16 heavy (non-hydrogen) atoms. The van der Waals surface area contributed by atoms with Crippen molar-refractivity contribution in [2.24, 2.45) is 0 Å². The Hall–Kier alpha value is 0.180. The number of rotatable bonds is 2. The fourth-order valence-corrected chi connectivity index (χ4v) is 1.32. The zero-order valence-corrected chi connectivity index (χ0v) is 13.9. The summed E-state index contributed by atoms with van der Waals surface area (Å²) in [7, 11) is 0. The molecule has 0 aliphatic rings. The van der Waals surface area contributed by atoms with Gasteiger partial charge in [0.15, 0.2) is 0 Å². The maximum atomic E-state index is 2.12. The first-order chi connectivity index (χ1) is 6.95. The van der Waals surface area contributed by atoms with Gasteiger partial charge in [-0.05, 0) is 11.1 Å². The molecule has 2 radical (unpaired) electrons. The van der Waals surface area contributed by atoms with Gasteiger partial charge in [0.05, 0.1) is 0 Å². The van der Waals surface area contributed by atoms with Gasteiger partial charge in [0.25, 0.3) is 0 Å². The van der Waals surface area contributed by atoms with Crippen molar-refractivity contribution >= 4 is 71.3 Å². The molecule has 0 saturated heterocycles. The molecule has 2 aromatic carbocycles. The van der Waals surface area contributed by atoms with E-state index >= 15 is 0 Å². The van der Waals surface area contributed by atoms with Gasteiger partial charge in [0.1, 0.15) is 0 Å². The van der Waals surface area contributed by atoms with Crippen molar-refractivity contribution in [1.29, 1.82) is 0 Å². The standard InChI is InChI=1S/C14H12.2Na/c1-3-7-13(8-4-1)11-12-14-9-5-2-6-10-14;;/h1-12H;;. The van der Waals surface area contributed by atoms with Gasteiger partial charge in [-0.3, -0.25) is 0 Å². The molecule has 0 aliphatic heterocycles. The monoisotopic (exact) mass is 226 g/mol. The summed E-state index contributed by atoms with van der Waals surface area (Å²) in [4.78, 5) is 0. The third-order valence-corrected chi connectivity index (χ3v) is 2.07. The van der Waals surface area contributed by atoms with E-state index < -0.39 is 0 Å². The fourth-order valence-electron chi connectivity index (χ4n) is 1.32. The molecule has 2 rings (SSSR count). The van der Waals surface area contributed by atoms with Crippen LogP contribution >= 0.6 is 0 Å². The number of hydrogen-bond donors (Lipinski definition) is 0. The Morgan fingerprint density at radius 1 is 0.500 bits per heavy atom. The maximum absolute atomic E-state index is 2.12. The molecule has 2 aromatic rings. The maximum Gasteiger partial charge on any atom is 0 e. The molecule has 0 amide bonds. The van der Waals surface area contributed by atoms with E-state index in [0.29, 0.717) is 0 Å². The Kier molecular flexibility index (Phi) is 9.34. The molecule has 0 heterocycles. The second-order valence-electron chi connectivity index (χ2n) is 3.15. The summed E-state index contributed by atoms with van der Waals surface area (Å²) in [6.45, 7) is 0. The van der Waals surface area contributed by atoms with Crippen molar-refractivity contribution in [2.75, 3.05) is 0 Å². The van der Waals surface area contributed by atoms with Gasteiger partial charge in [0, 0.05) is 59.1 Å². The van der Waals surface area contributed by atoms with Crippen LogP contribution in [0.3, 0.4) is 0 Å². The quantitative estimate of drug-likeness (QED) is 0.545. The minimum absolute atomic E-state index is 0. The van der Waals surface area contributed by atoms with Crippen LogP contribution in [0.25, 0.3) is 12.2 Å². The molecule has 0 fully saturated rings. The third kappa shape index (κ3) is 5.49. The summed E-state index contributed by atoms with van der Waals surface area (Å²) >= 11 is 0. The topological polar surface area (TPSA) is 0 Å². The van der Waals surface area contributed by atoms with Gasteiger partial charge in [-0.1, -0.05) is 72.8 Å². The Morgan fingerprint density at radius 2 is 0.812 bits per heavy atom. The molecule has 70 valence electrons. The molecule has 0 unspecified atom stereocenters. The smallest absolute Gasteiger partial charge is 0 e. The van der Waals surface area contributed by atoms with Crippen LogP contribution in [0.1, 0.15) is 11.1 Å². The predicted molar refractivity (Wildman–Crippen MR) is 73.3 cm³/mol. The van der Waals surface area contributed by atoms with E-state index in [2.05, 4.69) is 36.4 Å². The van der Waals surface area contributed by atoms with Crippen molar-refractivity contribution in [3.63, 3.8) is 0 Å². The van der Waals surface area contributed by atoms with Crippen LogP contribution in [0.15, 0.2) is 60.7 Å². The molecular weight excluding hydrogens is 214 g/mol. The summed E-state index contributed by atoms with van der Waals surface area (Å²) in [6, 6.07) is 20.6. The third-order valence-electron chi connectivity index (χ3n) is 2.07. The number of hydrogen-bond acceptors (Lipinski definition) is 0. The summed E-state index contributed by atoms with van der Waals surface area (Å²) in [5, 5.41) is 0. The first-order valence-electron chi connectivity index (χ1n) is 4.73. The van der Waals surface area contributed by atoms with Crippen LogP contribution < -0.4 is 0 Å². The van der Waals surface area contributed by atoms with E-state index in [9.17, 15) is 0 Å². The van der Waals surface area contributed by atoms with E-state index in [1.54, 1.807) is 0 Å². The van der Waals surface area contributed by atoms with E-state index in [1.165, 1.54) is 11.1 Å². The van der Waals surface area contributed by atoms with Gasteiger partial charge in [-0.2, -0.15) is 0 Å². The van der Waals surface area contributed by atoms with Crippen molar-refractivity contribution in [2.45, 2.75) is 0 Å². The largest absolute Gasteiger partial charge is 0.0622 e. The van der Waals surface area contributed by atoms with Crippen molar-refractivity contribution in [3.05, 3.63) is 71.8 Å². The fraction of sp³-hybridized carbons (Fsp3) is 0. The average molecular weight is 226 g/mol. The van der Waals surface area contributed by atoms with Crippen LogP contribution in [0, 0.1) is 0 Å². The van der Waals surface area contributed by atoms with E-state index in [-0.39, 0.29) is 59.1 Å². The van der Waals surface area contributed by atoms with Gasteiger partial charge >= 0.3 is 0 Å². The minimum Gasteiger partial charge on any atom is -0.0622 e. The summed E-state index contributed by atoms with van der Waals surface area (Å²) < 4.78 is 0. The van der Waals surface area contributed by atoms with Gasteiger partial charge in [0.2, 0.25) is 0 Å². The second-order valence-corrected chi connectivity index (χ2v) is 3.15. The summed E-state index contributed by atoms with van der Waals surface area (Å²) in [5.41, 5.74) is 2.47. The molecule has 0 saturated carbocycles. The average Bonchev–Trinajstić information content (AvgIpc) is 2.29. The SMILES string of the molecule is C(=Cc1ccccc1)c1ccccc1.[Na].[Na]. The van der Waals surface area contributed by atoms with Crippen molar-refractivity contribution in [3.8, 4) is 0 Å². The van der Waals surface area contributed by atoms with Crippen LogP contribution in [-0.4, -0.2) is 59.1 Å². The zero-order valence-electron chi connectivity index (χ0n) is 9.93. The Morgan fingerprint density at radius 3 is 1.12 bits per heavy atom. The van der Waals surface area contributed by atoms with Crippen LogP contribution in [0.4, 0.5) is 0 Å². The Bertz CT molecular complexity index is 366. The van der Waals surface area contributed by atoms with E-state index in [0.717, 1.165) is 0 Å². The second kappa shape index (κ2) is 9.23.